The highest BCUT2D eigenvalue weighted by atomic mass is 16.3. The molecule has 1 N–H and O–H groups in total. The van der Waals surface area contributed by atoms with Crippen molar-refractivity contribution >= 4 is 5.69 Å². The van der Waals surface area contributed by atoms with Crippen LogP contribution in [0.1, 0.15) is 25.1 Å². The molecule has 1 unspecified atom stereocenters. The van der Waals surface area contributed by atoms with Gasteiger partial charge in [0.2, 0.25) is 0 Å². The standard InChI is InChI=1S/C16H28N4O/c1-4-16(21)15-6-5-14(13-17-15)20-11-9-19(10-12-20)8-7-18(2)3/h5-6,13,16,21H,4,7-12H2,1-3H3. The molecular weight excluding hydrogens is 264 g/mol. The van der Waals surface area contributed by atoms with Gasteiger partial charge in [-0.1, -0.05) is 6.92 Å². The van der Waals surface area contributed by atoms with E-state index in [0.717, 1.165) is 50.6 Å². The van der Waals surface area contributed by atoms with Crippen molar-refractivity contribution in [3.8, 4) is 0 Å². The first-order valence-corrected chi connectivity index (χ1v) is 7.86. The van der Waals surface area contributed by atoms with E-state index in [4.69, 9.17) is 0 Å². The van der Waals surface area contributed by atoms with E-state index in [0.29, 0.717) is 6.42 Å². The van der Waals surface area contributed by atoms with Crippen LogP contribution in [0.4, 0.5) is 5.69 Å². The minimum absolute atomic E-state index is 0.443. The Kier molecular flexibility index (Phi) is 5.96. The number of piperazine rings is 1. The van der Waals surface area contributed by atoms with Gasteiger partial charge in [-0.2, -0.15) is 0 Å². The third kappa shape index (κ3) is 4.66. The molecule has 1 atom stereocenters. The maximum atomic E-state index is 9.78. The summed E-state index contributed by atoms with van der Waals surface area (Å²) >= 11 is 0. The first-order valence-electron chi connectivity index (χ1n) is 7.86. The van der Waals surface area contributed by atoms with Gasteiger partial charge in [0.25, 0.3) is 0 Å². The first kappa shape index (κ1) is 16.2. The Bertz CT molecular complexity index is 413. The zero-order chi connectivity index (χ0) is 15.2. The molecule has 2 heterocycles. The van der Waals surface area contributed by atoms with Crippen molar-refractivity contribution in [2.45, 2.75) is 19.4 Å². The fourth-order valence-electron chi connectivity index (χ4n) is 2.56. The zero-order valence-corrected chi connectivity index (χ0v) is 13.5. The molecule has 1 fully saturated rings. The van der Waals surface area contributed by atoms with E-state index in [2.05, 4.69) is 39.8 Å². The van der Waals surface area contributed by atoms with Crippen molar-refractivity contribution < 1.29 is 5.11 Å². The number of aliphatic hydroxyl groups excluding tert-OH is 1. The van der Waals surface area contributed by atoms with Gasteiger partial charge in [-0.25, -0.2) is 0 Å². The number of likely N-dealkylation sites (N-methyl/N-ethyl adjacent to an activating group) is 1. The maximum Gasteiger partial charge on any atom is 0.0957 e. The topological polar surface area (TPSA) is 42.8 Å². The number of pyridine rings is 1. The second-order valence-corrected chi connectivity index (χ2v) is 6.00. The highest BCUT2D eigenvalue weighted by molar-refractivity contribution is 5.45. The number of hydrogen-bond donors (Lipinski definition) is 1. The monoisotopic (exact) mass is 292 g/mol. The Morgan fingerprint density at radius 2 is 1.95 bits per heavy atom. The molecule has 1 aromatic heterocycles. The molecule has 118 valence electrons. The van der Waals surface area contributed by atoms with Crippen LogP contribution in [0.25, 0.3) is 0 Å². The Morgan fingerprint density at radius 1 is 1.24 bits per heavy atom. The number of aromatic nitrogens is 1. The molecule has 5 nitrogen and oxygen atoms in total. The quantitative estimate of drug-likeness (QED) is 0.854. The molecule has 0 aromatic carbocycles. The Balaban J connectivity index is 1.84. The molecule has 5 heteroatoms. The summed E-state index contributed by atoms with van der Waals surface area (Å²) in [5.74, 6) is 0. The lowest BCUT2D eigenvalue weighted by molar-refractivity contribution is 0.169. The molecule has 0 radical (unpaired) electrons. The predicted octanol–water partition coefficient (Wildman–Crippen LogP) is 1.21. The molecule has 0 aliphatic carbocycles. The molecule has 2 rings (SSSR count). The van der Waals surface area contributed by atoms with Gasteiger partial charge in [0.05, 0.1) is 23.7 Å². The molecule has 1 aromatic rings. The molecule has 0 saturated carbocycles. The number of hydrogen-bond acceptors (Lipinski definition) is 5. The van der Waals surface area contributed by atoms with E-state index in [9.17, 15) is 5.11 Å². The highest BCUT2D eigenvalue weighted by Gasteiger charge is 2.17. The lowest BCUT2D eigenvalue weighted by Crippen LogP contribution is -2.48. The average molecular weight is 292 g/mol. The zero-order valence-electron chi connectivity index (χ0n) is 13.5. The number of anilines is 1. The summed E-state index contributed by atoms with van der Waals surface area (Å²) < 4.78 is 0. The molecule has 21 heavy (non-hydrogen) atoms. The summed E-state index contributed by atoms with van der Waals surface area (Å²) in [7, 11) is 4.24. The van der Waals surface area contributed by atoms with Crippen LogP contribution < -0.4 is 4.90 Å². The molecule has 0 spiro atoms. The van der Waals surface area contributed by atoms with E-state index in [1.807, 2.05) is 19.2 Å². The number of nitrogens with zero attached hydrogens (tertiary/aromatic N) is 4. The lowest BCUT2D eigenvalue weighted by atomic mass is 10.2. The summed E-state index contributed by atoms with van der Waals surface area (Å²) in [4.78, 5) is 11.5. The smallest absolute Gasteiger partial charge is 0.0957 e. The van der Waals surface area contributed by atoms with Crippen molar-refractivity contribution in [1.82, 2.24) is 14.8 Å². The molecule has 1 saturated heterocycles. The molecule has 1 aliphatic rings. The second-order valence-electron chi connectivity index (χ2n) is 6.00. The van der Waals surface area contributed by atoms with Crippen molar-refractivity contribution in [2.24, 2.45) is 0 Å². The largest absolute Gasteiger partial charge is 0.387 e. The van der Waals surface area contributed by atoms with Crippen LogP contribution in [-0.2, 0) is 0 Å². The van der Waals surface area contributed by atoms with Gasteiger partial charge >= 0.3 is 0 Å². The second kappa shape index (κ2) is 7.73. The van der Waals surface area contributed by atoms with Gasteiger partial charge in [-0.15, -0.1) is 0 Å². The fraction of sp³-hybridized carbons (Fsp3) is 0.688. The summed E-state index contributed by atoms with van der Waals surface area (Å²) in [5.41, 5.74) is 1.93. The predicted molar refractivity (Wildman–Crippen MR) is 86.7 cm³/mol. The lowest BCUT2D eigenvalue weighted by Gasteiger charge is -2.36. The number of aliphatic hydroxyl groups is 1. The van der Waals surface area contributed by atoms with Gasteiger partial charge in [0.15, 0.2) is 0 Å². The minimum atomic E-state index is -0.443. The van der Waals surface area contributed by atoms with Crippen molar-refractivity contribution in [3.63, 3.8) is 0 Å². The van der Waals surface area contributed by atoms with Crippen LogP contribution in [-0.4, -0.2) is 73.3 Å². The summed E-state index contributed by atoms with van der Waals surface area (Å²) in [6, 6.07) is 4.03. The van der Waals surface area contributed by atoms with Crippen molar-refractivity contribution in [1.29, 1.82) is 0 Å². The Morgan fingerprint density at radius 3 is 2.48 bits per heavy atom. The van der Waals surface area contributed by atoms with Crippen molar-refractivity contribution in [3.05, 3.63) is 24.0 Å². The van der Waals surface area contributed by atoms with Crippen LogP contribution in [0.15, 0.2) is 18.3 Å². The third-order valence-corrected chi connectivity index (χ3v) is 4.10. The minimum Gasteiger partial charge on any atom is -0.387 e. The summed E-state index contributed by atoms with van der Waals surface area (Å²) in [5, 5.41) is 9.78. The van der Waals surface area contributed by atoms with E-state index in [-0.39, 0.29) is 0 Å². The number of rotatable bonds is 6. The van der Waals surface area contributed by atoms with E-state index < -0.39 is 6.10 Å². The van der Waals surface area contributed by atoms with Crippen molar-refractivity contribution in [2.75, 3.05) is 58.3 Å². The fourth-order valence-corrected chi connectivity index (χ4v) is 2.56. The summed E-state index contributed by atoms with van der Waals surface area (Å²) in [6.07, 6.45) is 2.16. The Hall–Kier alpha value is -1.17. The molecular formula is C16H28N4O. The average Bonchev–Trinajstić information content (AvgIpc) is 2.53. The van der Waals surface area contributed by atoms with Crippen LogP contribution in [0.2, 0.25) is 0 Å². The third-order valence-electron chi connectivity index (χ3n) is 4.10. The Labute approximate surface area is 128 Å². The SMILES string of the molecule is CCC(O)c1ccc(N2CCN(CCN(C)C)CC2)cn1. The van der Waals surface area contributed by atoms with Crippen LogP contribution in [0, 0.1) is 0 Å². The van der Waals surface area contributed by atoms with Crippen LogP contribution in [0.5, 0.6) is 0 Å². The molecule has 1 aliphatic heterocycles. The van der Waals surface area contributed by atoms with Gasteiger partial charge in [0.1, 0.15) is 0 Å². The van der Waals surface area contributed by atoms with Gasteiger partial charge in [-0.3, -0.25) is 9.88 Å². The van der Waals surface area contributed by atoms with Crippen LogP contribution >= 0.6 is 0 Å². The van der Waals surface area contributed by atoms with Gasteiger partial charge in [-0.05, 0) is 32.6 Å². The normalized spacial score (nSPS) is 18.2. The summed E-state index contributed by atoms with van der Waals surface area (Å²) in [6.45, 7) is 8.52. The van der Waals surface area contributed by atoms with Crippen LogP contribution in [0.3, 0.4) is 0 Å². The maximum absolute atomic E-state index is 9.78. The van der Waals surface area contributed by atoms with Gasteiger partial charge in [0, 0.05) is 39.3 Å². The van der Waals surface area contributed by atoms with Gasteiger partial charge < -0.3 is 14.9 Å². The van der Waals surface area contributed by atoms with E-state index in [1.165, 1.54) is 0 Å². The first-order chi connectivity index (χ1) is 10.1. The molecule has 0 bridgehead atoms. The highest BCUT2D eigenvalue weighted by Crippen LogP contribution is 2.19. The van der Waals surface area contributed by atoms with E-state index in [1.54, 1.807) is 0 Å². The van der Waals surface area contributed by atoms with E-state index >= 15 is 0 Å². The molecule has 0 amide bonds.